The van der Waals surface area contributed by atoms with Crippen LogP contribution in [0, 0.1) is 23.7 Å². The second-order valence-corrected chi connectivity index (χ2v) is 21.4. The number of amides is 1. The van der Waals surface area contributed by atoms with Crippen LogP contribution in [0.1, 0.15) is 85.8 Å². The van der Waals surface area contributed by atoms with Gasteiger partial charge < -0.3 is 44.3 Å². The number of ether oxygens (including phenoxy) is 5. The van der Waals surface area contributed by atoms with Crippen molar-refractivity contribution in [2.75, 3.05) is 6.61 Å². The number of benzene rings is 4. The minimum atomic E-state index is -4.83. The Labute approximate surface area is 421 Å². The molecule has 0 spiro atoms. The maximum Gasteiger partial charge on any atom is 0.338 e. The van der Waals surface area contributed by atoms with Gasteiger partial charge in [0.1, 0.15) is 30.0 Å². The van der Waals surface area contributed by atoms with E-state index in [9.17, 15) is 47.7 Å². The quantitative estimate of drug-likeness (QED) is 0.0625. The molecule has 1 amide bonds. The second kappa shape index (κ2) is 19.7. The molecule has 19 heteroatoms. The maximum absolute atomic E-state index is 16.1. The summed E-state index contributed by atoms with van der Waals surface area (Å²) in [5.74, 6) is -8.08. The zero-order chi connectivity index (χ0) is 53.0. The molecule has 386 valence electrons. The van der Waals surface area contributed by atoms with E-state index in [2.05, 4.69) is 5.32 Å². The van der Waals surface area contributed by atoms with E-state index in [1.165, 1.54) is 88.4 Å². The van der Waals surface area contributed by atoms with Crippen molar-refractivity contribution in [2.45, 2.75) is 120 Å². The lowest BCUT2D eigenvalue weighted by molar-refractivity contribution is -0.366. The predicted octanol–water partition coefficient (Wildman–Crippen LogP) is 4.43. The molecule has 12 atom stereocenters. The van der Waals surface area contributed by atoms with Gasteiger partial charge in [0.2, 0.25) is 0 Å². The molecule has 4 aromatic rings. The number of nitrogens with one attached hydrogen (secondary N) is 1. The third-order valence-corrected chi connectivity index (χ3v) is 16.4. The minimum absolute atomic E-state index is 0.0363. The summed E-state index contributed by atoms with van der Waals surface area (Å²) in [7, 11) is -4.83. The van der Waals surface area contributed by atoms with Gasteiger partial charge in [-0.05, 0) is 73.9 Å². The molecule has 3 fully saturated rings. The van der Waals surface area contributed by atoms with E-state index in [0.717, 1.165) is 13.8 Å². The highest BCUT2D eigenvalue weighted by atomic mass is 32.2. The van der Waals surface area contributed by atoms with E-state index in [1.807, 2.05) is 0 Å². The number of esters is 4. The van der Waals surface area contributed by atoms with Gasteiger partial charge >= 0.3 is 23.9 Å². The summed E-state index contributed by atoms with van der Waals surface area (Å²) in [4.78, 5) is 85.2. The molecular weight excluding hydrogens is 967 g/mol. The van der Waals surface area contributed by atoms with Crippen LogP contribution in [-0.2, 0) is 57.2 Å². The molecule has 1 saturated heterocycles. The lowest BCUT2D eigenvalue weighted by Gasteiger charge is -2.68. The Morgan fingerprint density at radius 3 is 1.90 bits per heavy atom. The Morgan fingerprint density at radius 1 is 0.781 bits per heavy atom. The molecule has 0 radical (unpaired) electrons. The lowest BCUT2D eigenvalue weighted by Crippen LogP contribution is -2.85. The second-order valence-electron chi connectivity index (χ2n) is 19.8. The highest BCUT2D eigenvalue weighted by Gasteiger charge is 2.81. The van der Waals surface area contributed by atoms with Crippen LogP contribution in [0.25, 0.3) is 0 Å². The Bertz CT molecular complexity index is 2950. The Hall–Kier alpha value is -6.61. The fourth-order valence-corrected chi connectivity index (χ4v) is 12.3. The number of hydrogen-bond acceptors (Lipinski definition) is 17. The number of hydrogen-bond donors (Lipinski definition) is 4. The van der Waals surface area contributed by atoms with Crippen molar-refractivity contribution < 1.29 is 80.4 Å². The molecule has 4 aromatic carbocycles. The molecule has 73 heavy (non-hydrogen) atoms. The summed E-state index contributed by atoms with van der Waals surface area (Å²) in [6, 6.07) is 27.8. The number of ketones is 1. The Balaban J connectivity index is 1.31. The number of rotatable bonds is 13. The van der Waals surface area contributed by atoms with Crippen LogP contribution >= 0.6 is 0 Å². The number of fused-ring (bicyclic) bond motifs is 5. The van der Waals surface area contributed by atoms with Gasteiger partial charge in [-0.15, -0.1) is 0 Å². The van der Waals surface area contributed by atoms with Crippen molar-refractivity contribution in [2.24, 2.45) is 16.7 Å². The van der Waals surface area contributed by atoms with Gasteiger partial charge in [-0.25, -0.2) is 9.59 Å². The maximum atomic E-state index is 16.1. The molecule has 0 aromatic heterocycles. The highest BCUT2D eigenvalue weighted by Crippen LogP contribution is 2.65. The third kappa shape index (κ3) is 9.16. The van der Waals surface area contributed by atoms with Gasteiger partial charge in [0.05, 0.1) is 40.5 Å². The summed E-state index contributed by atoms with van der Waals surface area (Å²) in [6.07, 6.45) is -14.7. The average molecular weight is 1020 g/mol. The fourth-order valence-electron chi connectivity index (χ4n) is 11.3. The summed E-state index contributed by atoms with van der Waals surface area (Å²) in [5, 5.41) is 41.5. The van der Waals surface area contributed by atoms with Crippen molar-refractivity contribution in [1.82, 2.24) is 5.32 Å². The topological polar surface area (TPSA) is 265 Å². The zero-order valence-corrected chi connectivity index (χ0v) is 41.9. The van der Waals surface area contributed by atoms with Gasteiger partial charge in [-0.1, -0.05) is 98.3 Å². The number of carbonyl (C=O) groups excluding carboxylic acids is 6. The average Bonchev–Trinajstić information content (AvgIpc) is 3.34. The van der Waals surface area contributed by atoms with E-state index in [4.69, 9.17) is 27.9 Å². The monoisotopic (exact) mass is 1020 g/mol. The van der Waals surface area contributed by atoms with Gasteiger partial charge in [0.15, 0.2) is 23.6 Å². The molecule has 1 aliphatic heterocycles. The van der Waals surface area contributed by atoms with Crippen molar-refractivity contribution in [1.29, 1.82) is 0 Å². The molecule has 4 N–H and O–H groups in total. The summed E-state index contributed by atoms with van der Waals surface area (Å²) in [6.45, 7) is 8.72. The number of Topliss-reactive ketones (excluding diaryl/α,β-unsaturated/α-hetero) is 1. The summed E-state index contributed by atoms with van der Waals surface area (Å²) >= 11 is 0. The van der Waals surface area contributed by atoms with Crippen molar-refractivity contribution in [3.05, 3.63) is 149 Å². The molecule has 4 aliphatic rings. The summed E-state index contributed by atoms with van der Waals surface area (Å²) < 4.78 is 64.7. The smallest absolute Gasteiger partial charge is 0.338 e. The van der Waals surface area contributed by atoms with Crippen LogP contribution < -0.4 is 5.32 Å². The first-order chi connectivity index (χ1) is 34.4. The van der Waals surface area contributed by atoms with Crippen LogP contribution in [-0.4, -0.2) is 120 Å². The van der Waals surface area contributed by atoms with E-state index < -0.39 is 135 Å². The van der Waals surface area contributed by atoms with Crippen LogP contribution in [0.5, 0.6) is 0 Å². The van der Waals surface area contributed by atoms with Crippen LogP contribution in [0.4, 0.5) is 0 Å². The van der Waals surface area contributed by atoms with Gasteiger partial charge in [0.25, 0.3) is 16.0 Å². The molecule has 2 bridgehead atoms. The van der Waals surface area contributed by atoms with E-state index >= 15 is 4.79 Å². The van der Waals surface area contributed by atoms with Crippen molar-refractivity contribution in [3.8, 4) is 0 Å². The number of carbonyl (C=O) groups is 6. The third-order valence-electron chi connectivity index (χ3n) is 15.0. The first kappa shape index (κ1) is 52.7. The Morgan fingerprint density at radius 2 is 1.36 bits per heavy atom. The number of aliphatic hydroxyl groups excluding tert-OH is 2. The molecule has 2 saturated carbocycles. The normalized spacial score (nSPS) is 30.1. The number of aliphatic hydroxyl groups is 3. The SMILES string of the molecule is CC(=O)O[C@H]1C(=O)[C@]2(C)[C@H](O)[C@H](OS(=O)(=O)c3ccc(C)cc3)[C@H]3OC[C@@]3(OC(C)=O)[C@H]2[C@H](OC(=O)c2ccccc2)[C@]2(O)C[C@H](OC(=O)[C@H](O)[C@@H](NC(=O)c3ccccc3)c3ccccc3)C(C)=C1C2(C)C. The van der Waals surface area contributed by atoms with Crippen molar-refractivity contribution >= 4 is 45.7 Å². The Kier molecular flexibility index (Phi) is 14.2. The molecule has 0 unspecified atom stereocenters. The van der Waals surface area contributed by atoms with E-state index in [0.29, 0.717) is 11.1 Å². The minimum Gasteiger partial charge on any atom is -0.456 e. The number of aryl methyl sites for hydroxylation is 1. The largest absolute Gasteiger partial charge is 0.456 e. The van der Waals surface area contributed by atoms with Crippen LogP contribution in [0.3, 0.4) is 0 Å². The van der Waals surface area contributed by atoms with Crippen LogP contribution in [0.2, 0.25) is 0 Å². The van der Waals surface area contributed by atoms with E-state index in [-0.39, 0.29) is 27.2 Å². The van der Waals surface area contributed by atoms with Gasteiger partial charge in [-0.3, -0.25) is 23.4 Å². The summed E-state index contributed by atoms with van der Waals surface area (Å²) in [5.41, 5.74) is -8.22. The zero-order valence-electron chi connectivity index (χ0n) is 41.0. The predicted molar refractivity (Wildman–Crippen MR) is 256 cm³/mol. The standard InChI is InChI=1S/C54H57NO17S/c1-29-23-25-36(26-24-29)73(65,66)72-42-45(60)52(7)43(53(71-32(4)57)28-67-46(42)53)47(70-49(62)35-21-15-10-16-22-35)54(64)27-37(30(2)38(51(54,5)6)41(44(52)59)68-31(3)56)69-50(63)40(58)39(33-17-11-8-12-18-33)55-48(61)34-19-13-9-14-20-34/h8-26,37,39-43,45-47,58,60,64H,27-28H2,1-7H3,(H,55,61)/t37-,39-,40+,41+,42-,43-,45+,46+,47-,52+,53+,54+/m0/s1. The van der Waals surface area contributed by atoms with Crippen LogP contribution in [0.15, 0.2) is 131 Å². The van der Waals surface area contributed by atoms with Gasteiger partial charge in [0, 0.05) is 31.2 Å². The molecule has 3 aliphatic carbocycles. The van der Waals surface area contributed by atoms with Gasteiger partial charge in [-0.2, -0.15) is 8.42 Å². The van der Waals surface area contributed by atoms with Crippen molar-refractivity contribution in [3.63, 3.8) is 0 Å². The highest BCUT2D eigenvalue weighted by molar-refractivity contribution is 7.86. The molecule has 8 rings (SSSR count). The first-order valence-corrected chi connectivity index (χ1v) is 25.0. The van der Waals surface area contributed by atoms with E-state index in [1.54, 1.807) is 61.5 Å². The first-order valence-electron chi connectivity index (χ1n) is 23.6. The molecule has 1 heterocycles. The molecule has 18 nitrogen and oxygen atoms in total. The lowest BCUT2D eigenvalue weighted by atomic mass is 9.44. The fraction of sp³-hybridized carbons (Fsp3) is 0.407. The molecular formula is C54H57NO17S.